The van der Waals surface area contributed by atoms with Crippen molar-refractivity contribution < 1.29 is 23.8 Å². The van der Waals surface area contributed by atoms with Crippen LogP contribution in [0, 0.1) is 0 Å². The molecule has 150 valence electrons. The first kappa shape index (κ1) is 19.4. The largest absolute Gasteiger partial charge is 0.497 e. The fourth-order valence-electron chi connectivity index (χ4n) is 3.49. The fourth-order valence-corrected chi connectivity index (χ4v) is 4.75. The first-order valence-corrected chi connectivity index (χ1v) is 10.4. The summed E-state index contributed by atoms with van der Waals surface area (Å²) < 4.78 is 15.8. The van der Waals surface area contributed by atoms with Crippen molar-refractivity contribution in [3.63, 3.8) is 0 Å². The van der Waals surface area contributed by atoms with Crippen LogP contribution in [0.4, 0.5) is 5.00 Å². The second kappa shape index (κ2) is 8.21. The Morgan fingerprint density at radius 3 is 2.69 bits per heavy atom. The van der Waals surface area contributed by atoms with Crippen molar-refractivity contribution >= 4 is 39.7 Å². The minimum atomic E-state index is -0.531. The molecular formula is C22H21NO5S. The molecule has 29 heavy (non-hydrogen) atoms. The third-order valence-electron chi connectivity index (χ3n) is 4.91. The van der Waals surface area contributed by atoms with Gasteiger partial charge in [-0.15, -0.1) is 11.3 Å². The highest BCUT2D eigenvalue weighted by Gasteiger charge is 2.29. The van der Waals surface area contributed by atoms with Crippen LogP contribution in [0.1, 0.15) is 46.1 Å². The van der Waals surface area contributed by atoms with E-state index in [1.165, 1.54) is 11.3 Å². The molecule has 1 aliphatic heterocycles. The summed E-state index contributed by atoms with van der Waals surface area (Å²) in [5.41, 5.74) is 2.45. The van der Waals surface area contributed by atoms with Crippen molar-refractivity contribution in [3.05, 3.63) is 51.9 Å². The summed E-state index contributed by atoms with van der Waals surface area (Å²) in [6, 6.07) is 7.22. The summed E-state index contributed by atoms with van der Waals surface area (Å²) in [6.07, 6.45) is 5.50. The van der Waals surface area contributed by atoms with Gasteiger partial charge in [0.05, 0.1) is 19.3 Å². The van der Waals surface area contributed by atoms with E-state index in [-0.39, 0.29) is 11.7 Å². The Morgan fingerprint density at radius 2 is 1.97 bits per heavy atom. The van der Waals surface area contributed by atoms with Crippen LogP contribution in [0.3, 0.4) is 0 Å². The van der Waals surface area contributed by atoms with Crippen LogP contribution in [0.5, 0.6) is 5.75 Å². The zero-order valence-corrected chi connectivity index (χ0v) is 17.1. The topological polar surface area (TPSA) is 74.2 Å². The maximum atomic E-state index is 12.6. The highest BCUT2D eigenvalue weighted by atomic mass is 32.1. The van der Waals surface area contributed by atoms with Crippen molar-refractivity contribution in [2.75, 3.05) is 13.7 Å². The van der Waals surface area contributed by atoms with Gasteiger partial charge in [-0.05, 0) is 62.4 Å². The van der Waals surface area contributed by atoms with E-state index in [9.17, 15) is 9.59 Å². The number of thiophene rings is 1. The first-order chi connectivity index (χ1) is 14.1. The Labute approximate surface area is 172 Å². The van der Waals surface area contributed by atoms with Gasteiger partial charge >= 0.3 is 11.9 Å². The van der Waals surface area contributed by atoms with Crippen LogP contribution in [0.2, 0.25) is 0 Å². The van der Waals surface area contributed by atoms with Gasteiger partial charge < -0.3 is 14.2 Å². The lowest BCUT2D eigenvalue weighted by molar-refractivity contribution is -0.128. The Kier molecular flexibility index (Phi) is 5.49. The standard InChI is InChI=1S/C22H21NO5S/c1-3-27-22(25)19-15-6-4-5-7-18(15)29-20(19)23-16-12-17(28-21(16)24)13-8-10-14(26-2)11-9-13/h8-12H,3-7H2,1-2H3/b23-16+. The number of esters is 2. The van der Waals surface area contributed by atoms with Gasteiger partial charge in [0.15, 0.2) is 5.71 Å². The molecule has 0 unspecified atom stereocenters. The van der Waals surface area contributed by atoms with Crippen LogP contribution in [-0.2, 0) is 27.1 Å². The first-order valence-electron chi connectivity index (χ1n) is 9.59. The van der Waals surface area contributed by atoms with Gasteiger partial charge in [0.2, 0.25) is 0 Å². The molecule has 0 saturated heterocycles. The number of aliphatic imine (C=N–C) groups is 1. The van der Waals surface area contributed by atoms with Crippen molar-refractivity contribution in [2.45, 2.75) is 32.6 Å². The van der Waals surface area contributed by atoms with Gasteiger partial charge in [0.25, 0.3) is 0 Å². The van der Waals surface area contributed by atoms with Crippen LogP contribution in [0.25, 0.3) is 5.76 Å². The molecule has 1 aliphatic carbocycles. The molecular weight excluding hydrogens is 390 g/mol. The molecule has 2 aromatic rings. The molecule has 0 fully saturated rings. The zero-order valence-electron chi connectivity index (χ0n) is 16.3. The van der Waals surface area contributed by atoms with Crippen molar-refractivity contribution in [1.29, 1.82) is 0 Å². The Hall–Kier alpha value is -2.93. The smallest absolute Gasteiger partial charge is 0.362 e. The van der Waals surface area contributed by atoms with Crippen LogP contribution >= 0.6 is 11.3 Å². The Morgan fingerprint density at radius 1 is 1.21 bits per heavy atom. The lowest BCUT2D eigenvalue weighted by Crippen LogP contribution is -2.10. The molecule has 6 nitrogen and oxygen atoms in total. The van der Waals surface area contributed by atoms with Gasteiger partial charge in [-0.1, -0.05) is 0 Å². The molecule has 0 bridgehead atoms. The number of cyclic esters (lactones) is 1. The maximum absolute atomic E-state index is 12.6. The molecule has 0 radical (unpaired) electrons. The summed E-state index contributed by atoms with van der Waals surface area (Å²) in [6.45, 7) is 2.07. The molecule has 0 atom stereocenters. The van der Waals surface area contributed by atoms with Gasteiger partial charge in [-0.3, -0.25) is 0 Å². The average molecular weight is 411 g/mol. The van der Waals surface area contributed by atoms with Gasteiger partial charge in [0.1, 0.15) is 16.5 Å². The number of aryl methyl sites for hydroxylation is 1. The maximum Gasteiger partial charge on any atom is 0.362 e. The number of hydrogen-bond donors (Lipinski definition) is 0. The number of rotatable bonds is 5. The molecule has 7 heteroatoms. The lowest BCUT2D eigenvalue weighted by Gasteiger charge is -2.11. The highest BCUT2D eigenvalue weighted by Crippen LogP contribution is 2.41. The van der Waals surface area contributed by atoms with E-state index in [2.05, 4.69) is 4.99 Å². The van der Waals surface area contributed by atoms with Crippen molar-refractivity contribution in [1.82, 2.24) is 0 Å². The molecule has 0 spiro atoms. The predicted octanol–water partition coefficient (Wildman–Crippen LogP) is 4.48. The summed E-state index contributed by atoms with van der Waals surface area (Å²) in [5, 5.41) is 0.523. The molecule has 0 saturated carbocycles. The number of fused-ring (bicyclic) bond motifs is 1. The van der Waals surface area contributed by atoms with E-state index in [1.54, 1.807) is 32.2 Å². The van der Waals surface area contributed by atoms with Crippen molar-refractivity contribution in [2.24, 2.45) is 4.99 Å². The molecule has 2 aliphatic rings. The Balaban J connectivity index is 1.71. The molecule has 1 aromatic carbocycles. The third kappa shape index (κ3) is 3.82. The van der Waals surface area contributed by atoms with Crippen LogP contribution in [0.15, 0.2) is 35.3 Å². The molecule has 0 N–H and O–H groups in total. The Bertz CT molecular complexity index is 1020. The number of benzene rings is 1. The monoisotopic (exact) mass is 411 g/mol. The van der Waals surface area contributed by atoms with E-state index in [0.29, 0.717) is 22.9 Å². The minimum absolute atomic E-state index is 0.181. The number of ether oxygens (including phenoxy) is 3. The molecule has 4 rings (SSSR count). The number of nitrogens with zero attached hydrogens (tertiary/aromatic N) is 1. The van der Waals surface area contributed by atoms with Gasteiger partial charge in [-0.2, -0.15) is 0 Å². The summed E-state index contributed by atoms with van der Waals surface area (Å²) >= 11 is 1.47. The van der Waals surface area contributed by atoms with Gasteiger partial charge in [0, 0.05) is 16.5 Å². The third-order valence-corrected chi connectivity index (χ3v) is 6.09. The predicted molar refractivity (Wildman–Crippen MR) is 111 cm³/mol. The summed E-state index contributed by atoms with van der Waals surface area (Å²) in [7, 11) is 1.59. The average Bonchev–Trinajstić information content (AvgIpc) is 3.28. The number of methoxy groups -OCH3 is 1. The number of carbonyl (C=O) groups is 2. The van der Waals surface area contributed by atoms with E-state index in [0.717, 1.165) is 47.4 Å². The van der Waals surface area contributed by atoms with E-state index >= 15 is 0 Å². The normalized spacial score (nSPS) is 17.0. The highest BCUT2D eigenvalue weighted by molar-refractivity contribution is 7.16. The zero-order chi connectivity index (χ0) is 20.4. The summed E-state index contributed by atoms with van der Waals surface area (Å²) in [5.74, 6) is 0.236. The molecule has 2 heterocycles. The van der Waals surface area contributed by atoms with Crippen LogP contribution in [-0.4, -0.2) is 31.4 Å². The fraction of sp³-hybridized carbons (Fsp3) is 0.318. The lowest BCUT2D eigenvalue weighted by atomic mass is 9.95. The second-order valence-electron chi connectivity index (χ2n) is 6.74. The number of hydrogen-bond acceptors (Lipinski definition) is 7. The van der Waals surface area contributed by atoms with Crippen molar-refractivity contribution in [3.8, 4) is 5.75 Å². The second-order valence-corrected chi connectivity index (χ2v) is 7.82. The van der Waals surface area contributed by atoms with E-state index in [4.69, 9.17) is 14.2 Å². The molecule has 1 aromatic heterocycles. The summed E-state index contributed by atoms with van der Waals surface area (Å²) in [4.78, 5) is 30.6. The number of carbonyl (C=O) groups excluding carboxylic acids is 2. The van der Waals surface area contributed by atoms with Gasteiger partial charge in [-0.25, -0.2) is 14.6 Å². The molecule has 0 amide bonds. The quantitative estimate of drug-likeness (QED) is 0.678. The minimum Gasteiger partial charge on any atom is -0.497 e. The SMILES string of the molecule is CCOC(=O)c1c(/N=C2\C=C(c3ccc(OC)cc3)OC2=O)sc2c1CCCC2. The van der Waals surface area contributed by atoms with Crippen LogP contribution < -0.4 is 4.74 Å². The van der Waals surface area contributed by atoms with E-state index < -0.39 is 5.97 Å². The van der Waals surface area contributed by atoms with E-state index in [1.807, 2.05) is 12.1 Å².